The molecule has 0 spiro atoms. The van der Waals surface area contributed by atoms with Gasteiger partial charge in [0.15, 0.2) is 0 Å². The van der Waals surface area contributed by atoms with Crippen molar-refractivity contribution in [2.45, 2.75) is 29.1 Å². The van der Waals surface area contributed by atoms with Crippen LogP contribution >= 0.6 is 22.7 Å². The number of aliphatic carboxylic acids is 1. The van der Waals surface area contributed by atoms with Gasteiger partial charge in [-0.1, -0.05) is 42.5 Å². The summed E-state index contributed by atoms with van der Waals surface area (Å²) in [4.78, 5) is 40.3. The Balaban J connectivity index is 1.59. The second kappa shape index (κ2) is 11.3. The molecule has 0 bridgehead atoms. The molecule has 1 aliphatic rings. The van der Waals surface area contributed by atoms with Crippen LogP contribution < -0.4 is 5.32 Å². The largest absolute Gasteiger partial charge is 0.481 e. The smallest absolute Gasteiger partial charge is 0.305 e. The third kappa shape index (κ3) is 6.01. The first-order chi connectivity index (χ1) is 17.3. The minimum atomic E-state index is -3.84. The standard InChI is InChI=1S/C24H25N3O6S3/c28-21(14-17-6-2-1-3-7-17)27-11-10-26(36(32,33)23-9-5-13-35-23)16-19(27)24(31)25-18(15-22(29)30)20-8-4-12-34-20/h1-9,12-13,18-19H,10-11,14-16H2,(H,25,31)(H,29,30). The third-order valence-corrected chi connectivity index (χ3v) is 10.1. The van der Waals surface area contributed by atoms with Crippen molar-refractivity contribution < 1.29 is 27.9 Å². The lowest BCUT2D eigenvalue weighted by Gasteiger charge is -2.40. The van der Waals surface area contributed by atoms with E-state index in [1.807, 2.05) is 30.3 Å². The molecule has 3 aromatic rings. The summed E-state index contributed by atoms with van der Waals surface area (Å²) in [5, 5.41) is 15.6. The third-order valence-electron chi connectivity index (χ3n) is 5.84. The van der Waals surface area contributed by atoms with Crippen LogP contribution in [0.1, 0.15) is 22.9 Å². The van der Waals surface area contributed by atoms with Gasteiger partial charge in [-0.25, -0.2) is 8.42 Å². The van der Waals surface area contributed by atoms with Crippen LogP contribution in [-0.4, -0.2) is 66.2 Å². The lowest BCUT2D eigenvalue weighted by Crippen LogP contribution is -2.61. The molecule has 1 saturated heterocycles. The number of carboxylic acids is 1. The molecule has 2 aromatic heterocycles. The lowest BCUT2D eigenvalue weighted by atomic mass is 10.1. The van der Waals surface area contributed by atoms with Crippen LogP contribution in [0, 0.1) is 0 Å². The van der Waals surface area contributed by atoms with Crippen LogP contribution in [0.15, 0.2) is 69.6 Å². The summed E-state index contributed by atoms with van der Waals surface area (Å²) >= 11 is 2.39. The maximum Gasteiger partial charge on any atom is 0.305 e. The van der Waals surface area contributed by atoms with Crippen molar-refractivity contribution in [2.75, 3.05) is 19.6 Å². The van der Waals surface area contributed by atoms with Crippen molar-refractivity contribution in [2.24, 2.45) is 0 Å². The molecule has 2 amide bonds. The number of carbonyl (C=O) groups excluding carboxylic acids is 2. The number of nitrogens with one attached hydrogen (secondary N) is 1. The fourth-order valence-corrected chi connectivity index (χ4v) is 7.42. The number of hydrogen-bond donors (Lipinski definition) is 2. The Morgan fingerprint density at radius 1 is 1.00 bits per heavy atom. The zero-order chi connectivity index (χ0) is 25.7. The molecule has 2 atom stereocenters. The van der Waals surface area contributed by atoms with E-state index >= 15 is 0 Å². The fraction of sp³-hybridized carbons (Fsp3) is 0.292. The van der Waals surface area contributed by atoms with Crippen LogP contribution in [0.5, 0.6) is 0 Å². The van der Waals surface area contributed by atoms with Crippen molar-refractivity contribution in [3.8, 4) is 0 Å². The number of amides is 2. The quantitative estimate of drug-likeness (QED) is 0.424. The van der Waals surface area contributed by atoms with Gasteiger partial charge in [0.25, 0.3) is 10.0 Å². The Hall–Kier alpha value is -3.06. The molecule has 0 aliphatic carbocycles. The van der Waals surface area contributed by atoms with Crippen LogP contribution in [0.2, 0.25) is 0 Å². The molecule has 4 rings (SSSR count). The molecule has 0 saturated carbocycles. The highest BCUT2D eigenvalue weighted by Gasteiger charge is 2.40. The van der Waals surface area contributed by atoms with Crippen LogP contribution in [-0.2, 0) is 30.8 Å². The van der Waals surface area contributed by atoms with E-state index in [-0.39, 0.29) is 42.6 Å². The molecule has 190 valence electrons. The average molecular weight is 548 g/mol. The van der Waals surface area contributed by atoms with Gasteiger partial charge in [-0.05, 0) is 28.5 Å². The fourth-order valence-electron chi connectivity index (χ4n) is 4.06. The van der Waals surface area contributed by atoms with Gasteiger partial charge in [0.1, 0.15) is 10.3 Å². The molecule has 2 unspecified atom stereocenters. The summed E-state index contributed by atoms with van der Waals surface area (Å²) in [5.41, 5.74) is 0.776. The zero-order valence-corrected chi connectivity index (χ0v) is 21.6. The van der Waals surface area contributed by atoms with Gasteiger partial charge in [-0.15, -0.1) is 22.7 Å². The molecule has 1 aliphatic heterocycles. The van der Waals surface area contributed by atoms with Gasteiger partial charge in [0.2, 0.25) is 11.8 Å². The minimum Gasteiger partial charge on any atom is -0.481 e. The Kier molecular flexibility index (Phi) is 8.19. The van der Waals surface area contributed by atoms with Crippen molar-refractivity contribution in [3.63, 3.8) is 0 Å². The average Bonchev–Trinajstić information content (AvgIpc) is 3.58. The van der Waals surface area contributed by atoms with Gasteiger partial charge >= 0.3 is 5.97 Å². The molecule has 36 heavy (non-hydrogen) atoms. The second-order valence-electron chi connectivity index (χ2n) is 8.23. The summed E-state index contributed by atoms with van der Waals surface area (Å²) in [7, 11) is -3.84. The maximum atomic E-state index is 13.5. The Labute approximate surface area is 217 Å². The summed E-state index contributed by atoms with van der Waals surface area (Å²) < 4.78 is 27.7. The van der Waals surface area contributed by atoms with Crippen molar-refractivity contribution in [1.29, 1.82) is 0 Å². The number of piperazine rings is 1. The Morgan fingerprint density at radius 3 is 2.36 bits per heavy atom. The first kappa shape index (κ1) is 26.0. The van der Waals surface area contributed by atoms with E-state index in [4.69, 9.17) is 0 Å². The SMILES string of the molecule is O=C(O)CC(NC(=O)C1CN(S(=O)(=O)c2cccs2)CCN1C(=O)Cc1ccccc1)c1cccs1. The number of hydrogen-bond acceptors (Lipinski definition) is 7. The van der Waals surface area contributed by atoms with Gasteiger partial charge < -0.3 is 15.3 Å². The van der Waals surface area contributed by atoms with Crippen LogP contribution in [0.3, 0.4) is 0 Å². The minimum absolute atomic E-state index is 0.0386. The topological polar surface area (TPSA) is 124 Å². The molecular formula is C24H25N3O6S3. The summed E-state index contributed by atoms with van der Waals surface area (Å²) in [6, 6.07) is 13.8. The number of thiophene rings is 2. The van der Waals surface area contributed by atoms with E-state index in [1.54, 1.807) is 29.0 Å². The van der Waals surface area contributed by atoms with Gasteiger partial charge in [-0.2, -0.15) is 4.31 Å². The van der Waals surface area contributed by atoms with E-state index in [0.717, 1.165) is 16.9 Å². The lowest BCUT2D eigenvalue weighted by molar-refractivity contribution is -0.143. The maximum absolute atomic E-state index is 13.5. The molecule has 1 fully saturated rings. The van der Waals surface area contributed by atoms with Gasteiger partial charge in [0.05, 0.1) is 18.9 Å². The molecule has 2 N–H and O–H groups in total. The number of sulfonamides is 1. The van der Waals surface area contributed by atoms with Crippen LogP contribution in [0.25, 0.3) is 0 Å². The highest BCUT2D eigenvalue weighted by Crippen LogP contribution is 2.26. The highest BCUT2D eigenvalue weighted by atomic mass is 32.2. The number of benzene rings is 1. The predicted octanol–water partition coefficient (Wildman–Crippen LogP) is 2.59. The van der Waals surface area contributed by atoms with Crippen molar-refractivity contribution >= 4 is 50.5 Å². The molecule has 3 heterocycles. The first-order valence-corrected chi connectivity index (χ1v) is 14.4. The van der Waals surface area contributed by atoms with Gasteiger partial charge in [-0.3, -0.25) is 14.4 Å². The molecular weight excluding hydrogens is 522 g/mol. The summed E-state index contributed by atoms with van der Waals surface area (Å²) in [6.07, 6.45) is -0.278. The molecule has 12 heteroatoms. The number of nitrogens with zero attached hydrogens (tertiary/aromatic N) is 2. The van der Waals surface area contributed by atoms with Gasteiger partial charge in [0, 0.05) is 24.5 Å². The highest BCUT2D eigenvalue weighted by molar-refractivity contribution is 7.91. The monoisotopic (exact) mass is 547 g/mol. The van der Waals surface area contributed by atoms with Crippen molar-refractivity contribution in [1.82, 2.24) is 14.5 Å². The molecule has 1 aromatic carbocycles. The van der Waals surface area contributed by atoms with Crippen LogP contribution in [0.4, 0.5) is 0 Å². The van der Waals surface area contributed by atoms with E-state index in [2.05, 4.69) is 5.32 Å². The van der Waals surface area contributed by atoms with E-state index in [1.165, 1.54) is 26.6 Å². The van der Waals surface area contributed by atoms with E-state index < -0.39 is 34.0 Å². The normalized spacial score (nSPS) is 17.4. The predicted molar refractivity (Wildman–Crippen MR) is 136 cm³/mol. The number of carbonyl (C=O) groups is 3. The first-order valence-electron chi connectivity index (χ1n) is 11.2. The van der Waals surface area contributed by atoms with Crippen molar-refractivity contribution in [3.05, 3.63) is 75.8 Å². The Bertz CT molecular complexity index is 1290. The second-order valence-corrected chi connectivity index (χ2v) is 12.3. The summed E-state index contributed by atoms with van der Waals surface area (Å²) in [6.45, 7) is -0.137. The van der Waals surface area contributed by atoms with E-state index in [0.29, 0.717) is 4.88 Å². The summed E-state index contributed by atoms with van der Waals surface area (Å²) in [5.74, 6) is -1.99. The number of rotatable bonds is 9. The number of carboxylic acid groups (broad SMARTS) is 1. The molecule has 0 radical (unpaired) electrons. The van der Waals surface area contributed by atoms with E-state index in [9.17, 15) is 27.9 Å². The zero-order valence-electron chi connectivity index (χ0n) is 19.1. The molecule has 9 nitrogen and oxygen atoms in total. The Morgan fingerprint density at radius 2 is 1.72 bits per heavy atom.